The van der Waals surface area contributed by atoms with E-state index in [0.717, 1.165) is 18.7 Å². The summed E-state index contributed by atoms with van der Waals surface area (Å²) in [5.41, 5.74) is 0.852. The fourth-order valence-electron chi connectivity index (χ4n) is 1.25. The molecule has 1 amide bonds. The van der Waals surface area contributed by atoms with Gasteiger partial charge in [0.05, 0.1) is 12.9 Å². The Morgan fingerprint density at radius 1 is 1.44 bits per heavy atom. The van der Waals surface area contributed by atoms with Crippen LogP contribution in [0.2, 0.25) is 0 Å². The number of nitrogens with one attached hydrogen (secondary N) is 2. The van der Waals surface area contributed by atoms with Gasteiger partial charge in [-0.3, -0.25) is 4.79 Å². The van der Waals surface area contributed by atoms with Gasteiger partial charge in [0.2, 0.25) is 0 Å². The molecule has 90 valence electrons. The second-order valence-corrected chi connectivity index (χ2v) is 3.43. The number of carbonyl (C=O) groups excluding carboxylic acids is 1. The van der Waals surface area contributed by atoms with Gasteiger partial charge in [0.1, 0.15) is 0 Å². The molecule has 1 aromatic rings. The lowest BCUT2D eigenvalue weighted by molar-refractivity contribution is 0.0925. The van der Waals surface area contributed by atoms with Gasteiger partial charge in [0.25, 0.3) is 5.91 Å². The van der Waals surface area contributed by atoms with E-state index in [1.165, 1.54) is 6.26 Å². The molecule has 0 unspecified atom stereocenters. The molecule has 0 saturated carbocycles. The fraction of sp³-hybridized carbons (Fsp3) is 0.545. The van der Waals surface area contributed by atoms with Gasteiger partial charge in [-0.2, -0.15) is 0 Å². The Morgan fingerprint density at radius 3 is 2.88 bits per heavy atom. The van der Waals surface area contributed by atoms with Crippen molar-refractivity contribution < 1.29 is 13.9 Å². The molecule has 1 rings (SSSR count). The Balaban J connectivity index is 2.14. The second kappa shape index (κ2) is 7.03. The Labute approximate surface area is 95.2 Å². The van der Waals surface area contributed by atoms with Gasteiger partial charge in [0.15, 0.2) is 5.76 Å². The third-order valence-corrected chi connectivity index (χ3v) is 2.14. The van der Waals surface area contributed by atoms with E-state index in [1.54, 1.807) is 13.2 Å². The summed E-state index contributed by atoms with van der Waals surface area (Å²) in [6.45, 7) is 4.59. The van der Waals surface area contributed by atoms with Crippen LogP contribution in [0.25, 0.3) is 0 Å². The van der Waals surface area contributed by atoms with Crippen LogP contribution in [0.3, 0.4) is 0 Å². The highest BCUT2D eigenvalue weighted by atomic mass is 16.5. The maximum atomic E-state index is 11.6. The molecule has 0 saturated heterocycles. The lowest BCUT2D eigenvalue weighted by Crippen LogP contribution is -2.33. The zero-order chi connectivity index (χ0) is 11.8. The minimum Gasteiger partial charge on any atom is -0.459 e. The normalized spacial score (nSPS) is 10.4. The molecule has 0 aliphatic rings. The molecule has 2 N–H and O–H groups in total. The topological polar surface area (TPSA) is 63.5 Å². The minimum absolute atomic E-state index is 0.170. The first-order valence-electron chi connectivity index (χ1n) is 5.27. The SMILES string of the molecule is COCCNCCNC(=O)c1occc1C. The number of amides is 1. The third kappa shape index (κ3) is 4.04. The number of hydrogen-bond donors (Lipinski definition) is 2. The highest BCUT2D eigenvalue weighted by Crippen LogP contribution is 2.07. The highest BCUT2D eigenvalue weighted by molar-refractivity contribution is 5.92. The van der Waals surface area contributed by atoms with Gasteiger partial charge in [0, 0.05) is 32.3 Å². The predicted octanol–water partition coefficient (Wildman–Crippen LogP) is 0.554. The van der Waals surface area contributed by atoms with Gasteiger partial charge in [-0.1, -0.05) is 0 Å². The Hall–Kier alpha value is -1.33. The monoisotopic (exact) mass is 226 g/mol. The standard InChI is InChI=1S/C11H18N2O3/c1-9-3-7-16-10(9)11(14)13-5-4-12-6-8-15-2/h3,7,12H,4-6,8H2,1-2H3,(H,13,14). The molecule has 0 aromatic carbocycles. The van der Waals surface area contributed by atoms with Crippen LogP contribution in [-0.4, -0.2) is 39.3 Å². The molecular weight excluding hydrogens is 208 g/mol. The maximum absolute atomic E-state index is 11.6. The van der Waals surface area contributed by atoms with Gasteiger partial charge in [-0.05, 0) is 13.0 Å². The second-order valence-electron chi connectivity index (χ2n) is 3.43. The molecule has 5 nitrogen and oxygen atoms in total. The van der Waals surface area contributed by atoms with E-state index < -0.39 is 0 Å². The Bertz CT molecular complexity index is 323. The first-order valence-corrected chi connectivity index (χ1v) is 5.27. The van der Waals surface area contributed by atoms with Crippen molar-refractivity contribution in [2.24, 2.45) is 0 Å². The summed E-state index contributed by atoms with van der Waals surface area (Å²) in [6, 6.07) is 1.77. The summed E-state index contributed by atoms with van der Waals surface area (Å²) in [5.74, 6) is 0.216. The van der Waals surface area contributed by atoms with Gasteiger partial charge in [-0.15, -0.1) is 0 Å². The summed E-state index contributed by atoms with van der Waals surface area (Å²) in [5, 5.41) is 5.90. The van der Waals surface area contributed by atoms with Crippen LogP contribution in [0.15, 0.2) is 16.7 Å². The number of methoxy groups -OCH3 is 1. The molecule has 0 spiro atoms. The molecule has 5 heteroatoms. The van der Waals surface area contributed by atoms with Crippen LogP contribution < -0.4 is 10.6 Å². The zero-order valence-electron chi connectivity index (χ0n) is 9.71. The van der Waals surface area contributed by atoms with Gasteiger partial charge in [-0.25, -0.2) is 0 Å². The number of aryl methyl sites for hydroxylation is 1. The van der Waals surface area contributed by atoms with E-state index in [4.69, 9.17) is 9.15 Å². The first-order chi connectivity index (χ1) is 7.75. The van der Waals surface area contributed by atoms with E-state index in [9.17, 15) is 4.79 Å². The van der Waals surface area contributed by atoms with E-state index in [-0.39, 0.29) is 5.91 Å². The van der Waals surface area contributed by atoms with Crippen LogP contribution in [0.1, 0.15) is 16.1 Å². The van der Waals surface area contributed by atoms with Crippen molar-refractivity contribution in [3.05, 3.63) is 23.7 Å². The summed E-state index contributed by atoms with van der Waals surface area (Å²) < 4.78 is 9.95. The first kappa shape index (κ1) is 12.7. The van der Waals surface area contributed by atoms with Crippen LogP contribution in [-0.2, 0) is 4.74 Å². The zero-order valence-corrected chi connectivity index (χ0v) is 9.71. The number of rotatable bonds is 7. The summed E-state index contributed by atoms with van der Waals surface area (Å²) in [6.07, 6.45) is 1.51. The molecule has 16 heavy (non-hydrogen) atoms. The molecule has 0 bridgehead atoms. The van der Waals surface area contributed by atoms with E-state index in [0.29, 0.717) is 18.9 Å². The lowest BCUT2D eigenvalue weighted by atomic mass is 10.3. The van der Waals surface area contributed by atoms with Crippen molar-refractivity contribution in [2.75, 3.05) is 33.4 Å². The molecule has 0 aliphatic heterocycles. The molecule has 0 atom stereocenters. The minimum atomic E-state index is -0.170. The number of carbonyl (C=O) groups is 1. The smallest absolute Gasteiger partial charge is 0.287 e. The van der Waals surface area contributed by atoms with Crippen LogP contribution in [0.5, 0.6) is 0 Å². The van der Waals surface area contributed by atoms with E-state index >= 15 is 0 Å². The van der Waals surface area contributed by atoms with Crippen LogP contribution in [0.4, 0.5) is 0 Å². The average molecular weight is 226 g/mol. The molecular formula is C11H18N2O3. The van der Waals surface area contributed by atoms with Crippen molar-refractivity contribution in [1.82, 2.24) is 10.6 Å². The average Bonchev–Trinajstić information content (AvgIpc) is 2.69. The van der Waals surface area contributed by atoms with E-state index in [2.05, 4.69) is 10.6 Å². The van der Waals surface area contributed by atoms with Crippen molar-refractivity contribution in [2.45, 2.75) is 6.92 Å². The molecule has 1 heterocycles. The Morgan fingerprint density at radius 2 is 2.25 bits per heavy atom. The van der Waals surface area contributed by atoms with Gasteiger partial charge >= 0.3 is 0 Å². The quantitative estimate of drug-likeness (QED) is 0.667. The molecule has 1 aromatic heterocycles. The van der Waals surface area contributed by atoms with Crippen LogP contribution >= 0.6 is 0 Å². The molecule has 0 fully saturated rings. The third-order valence-electron chi connectivity index (χ3n) is 2.14. The lowest BCUT2D eigenvalue weighted by Gasteiger charge is -2.05. The summed E-state index contributed by atoms with van der Waals surface area (Å²) >= 11 is 0. The van der Waals surface area contributed by atoms with Crippen LogP contribution in [0, 0.1) is 6.92 Å². The van der Waals surface area contributed by atoms with Crippen molar-refractivity contribution >= 4 is 5.91 Å². The largest absolute Gasteiger partial charge is 0.459 e. The fourth-order valence-corrected chi connectivity index (χ4v) is 1.25. The van der Waals surface area contributed by atoms with Crippen molar-refractivity contribution in [1.29, 1.82) is 0 Å². The number of furan rings is 1. The predicted molar refractivity (Wildman–Crippen MR) is 60.5 cm³/mol. The number of ether oxygens (including phenoxy) is 1. The number of hydrogen-bond acceptors (Lipinski definition) is 4. The molecule has 0 radical (unpaired) electrons. The highest BCUT2D eigenvalue weighted by Gasteiger charge is 2.10. The maximum Gasteiger partial charge on any atom is 0.287 e. The Kier molecular flexibility index (Phi) is 5.60. The summed E-state index contributed by atoms with van der Waals surface area (Å²) in [7, 11) is 1.66. The van der Waals surface area contributed by atoms with Crippen molar-refractivity contribution in [3.8, 4) is 0 Å². The molecule has 0 aliphatic carbocycles. The van der Waals surface area contributed by atoms with Gasteiger partial charge < -0.3 is 19.8 Å². The van der Waals surface area contributed by atoms with E-state index in [1.807, 2.05) is 6.92 Å². The van der Waals surface area contributed by atoms with Crippen molar-refractivity contribution in [3.63, 3.8) is 0 Å². The summed E-state index contributed by atoms with van der Waals surface area (Å²) in [4.78, 5) is 11.6.